The Kier molecular flexibility index (Phi) is 2.87. The lowest BCUT2D eigenvalue weighted by molar-refractivity contribution is 0.827. The summed E-state index contributed by atoms with van der Waals surface area (Å²) in [6.45, 7) is 8.14. The Morgan fingerprint density at radius 1 is 1.18 bits per heavy atom. The van der Waals surface area contributed by atoms with Crippen molar-refractivity contribution < 1.29 is 0 Å². The molecule has 17 heavy (non-hydrogen) atoms. The summed E-state index contributed by atoms with van der Waals surface area (Å²) < 4.78 is 1.92. The van der Waals surface area contributed by atoms with Gasteiger partial charge in [0.15, 0.2) is 0 Å². The number of aromatic nitrogens is 2. The zero-order chi connectivity index (χ0) is 12.7. The maximum atomic E-state index is 6.07. The summed E-state index contributed by atoms with van der Waals surface area (Å²) in [6.07, 6.45) is 0. The molecule has 0 spiro atoms. The van der Waals surface area contributed by atoms with Crippen molar-refractivity contribution in [2.75, 3.05) is 5.73 Å². The van der Waals surface area contributed by atoms with E-state index in [1.54, 1.807) is 0 Å². The first-order valence-corrected chi connectivity index (χ1v) is 5.88. The van der Waals surface area contributed by atoms with Crippen LogP contribution in [0, 0.1) is 27.7 Å². The smallest absolute Gasteiger partial charge is 0.0694 e. The maximum absolute atomic E-state index is 6.07. The van der Waals surface area contributed by atoms with Crippen LogP contribution in [-0.2, 0) is 0 Å². The molecule has 2 aromatic rings. The van der Waals surface area contributed by atoms with Gasteiger partial charge in [0.05, 0.1) is 22.1 Å². The van der Waals surface area contributed by atoms with Gasteiger partial charge >= 0.3 is 0 Å². The largest absolute Gasteiger partial charge is 0.398 e. The minimum absolute atomic E-state index is 0.566. The van der Waals surface area contributed by atoms with Crippen LogP contribution >= 0.6 is 11.6 Å². The van der Waals surface area contributed by atoms with Crippen molar-refractivity contribution in [2.45, 2.75) is 27.7 Å². The van der Waals surface area contributed by atoms with Gasteiger partial charge in [0.2, 0.25) is 0 Å². The van der Waals surface area contributed by atoms with E-state index in [-0.39, 0.29) is 0 Å². The number of aryl methyl sites for hydroxylation is 2. The van der Waals surface area contributed by atoms with Crippen LogP contribution in [0.2, 0.25) is 5.02 Å². The third kappa shape index (κ3) is 1.91. The fourth-order valence-electron chi connectivity index (χ4n) is 1.88. The Balaban J connectivity index is 2.68. The molecule has 0 aliphatic carbocycles. The van der Waals surface area contributed by atoms with Gasteiger partial charge in [-0.15, -0.1) is 0 Å². The molecule has 0 unspecified atom stereocenters. The number of hydrogen-bond donors (Lipinski definition) is 1. The number of anilines is 1. The third-order valence-electron chi connectivity index (χ3n) is 3.20. The van der Waals surface area contributed by atoms with Crippen molar-refractivity contribution in [1.82, 2.24) is 9.78 Å². The van der Waals surface area contributed by atoms with E-state index in [9.17, 15) is 0 Å². The van der Waals surface area contributed by atoms with Crippen LogP contribution in [-0.4, -0.2) is 9.78 Å². The molecule has 2 rings (SSSR count). The molecule has 0 saturated heterocycles. The average Bonchev–Trinajstić information content (AvgIpc) is 2.51. The molecule has 0 aliphatic rings. The third-order valence-corrected chi connectivity index (χ3v) is 3.52. The molecule has 3 nitrogen and oxygen atoms in total. The van der Waals surface area contributed by atoms with Crippen molar-refractivity contribution >= 4 is 17.3 Å². The number of hydrogen-bond acceptors (Lipinski definition) is 2. The van der Waals surface area contributed by atoms with Crippen LogP contribution in [0.15, 0.2) is 12.1 Å². The minimum atomic E-state index is 0.566. The van der Waals surface area contributed by atoms with Gasteiger partial charge in [0, 0.05) is 5.69 Å². The molecule has 0 bridgehead atoms. The molecule has 90 valence electrons. The lowest BCUT2D eigenvalue weighted by atomic mass is 10.1. The summed E-state index contributed by atoms with van der Waals surface area (Å²) in [5, 5.41) is 5.09. The molecule has 0 saturated carbocycles. The molecule has 0 radical (unpaired) electrons. The first-order valence-electron chi connectivity index (χ1n) is 5.50. The van der Waals surface area contributed by atoms with E-state index in [4.69, 9.17) is 17.3 Å². The summed E-state index contributed by atoms with van der Waals surface area (Å²) in [4.78, 5) is 0. The lowest BCUT2D eigenvalue weighted by Gasteiger charge is -2.10. The highest BCUT2D eigenvalue weighted by Gasteiger charge is 2.12. The molecule has 4 heteroatoms. The highest BCUT2D eigenvalue weighted by Crippen LogP contribution is 2.27. The van der Waals surface area contributed by atoms with Gasteiger partial charge in [-0.2, -0.15) is 5.10 Å². The van der Waals surface area contributed by atoms with Crippen LogP contribution in [0.1, 0.15) is 22.5 Å². The molecule has 1 aromatic heterocycles. The molecular weight excluding hydrogens is 234 g/mol. The zero-order valence-corrected chi connectivity index (χ0v) is 11.3. The molecule has 0 aliphatic heterocycles. The second kappa shape index (κ2) is 4.08. The van der Waals surface area contributed by atoms with Gasteiger partial charge in [-0.3, -0.25) is 0 Å². The predicted molar refractivity (Wildman–Crippen MR) is 71.9 cm³/mol. The Morgan fingerprint density at radius 2 is 1.82 bits per heavy atom. The first-order chi connectivity index (χ1) is 7.91. The molecule has 0 atom stereocenters. The summed E-state index contributed by atoms with van der Waals surface area (Å²) in [5.41, 5.74) is 11.8. The SMILES string of the molecule is Cc1cc(N)c(Cl)cc1-n1nc(C)c(C)c1C. The lowest BCUT2D eigenvalue weighted by Crippen LogP contribution is -2.03. The zero-order valence-electron chi connectivity index (χ0n) is 10.5. The van der Waals surface area contributed by atoms with E-state index in [0.717, 1.165) is 22.6 Å². The monoisotopic (exact) mass is 249 g/mol. The summed E-state index contributed by atoms with van der Waals surface area (Å²) in [5.74, 6) is 0. The van der Waals surface area contributed by atoms with Crippen molar-refractivity contribution in [3.8, 4) is 5.69 Å². The fourth-order valence-corrected chi connectivity index (χ4v) is 2.03. The molecule has 0 fully saturated rings. The number of nitrogen functional groups attached to an aromatic ring is 1. The Morgan fingerprint density at radius 3 is 2.35 bits per heavy atom. The van der Waals surface area contributed by atoms with Crippen LogP contribution in [0.3, 0.4) is 0 Å². The molecular formula is C13H16ClN3. The van der Waals surface area contributed by atoms with Crippen LogP contribution in [0.5, 0.6) is 0 Å². The maximum Gasteiger partial charge on any atom is 0.0694 e. The molecule has 0 amide bonds. The fraction of sp³-hybridized carbons (Fsp3) is 0.308. The number of nitrogens with two attached hydrogens (primary N) is 1. The summed E-state index contributed by atoms with van der Waals surface area (Å²) >= 11 is 6.07. The van der Waals surface area contributed by atoms with Gasteiger partial charge < -0.3 is 5.73 Å². The van der Waals surface area contributed by atoms with E-state index in [2.05, 4.69) is 18.9 Å². The topological polar surface area (TPSA) is 43.8 Å². The summed E-state index contributed by atoms with van der Waals surface area (Å²) in [6, 6.07) is 3.74. The van der Waals surface area contributed by atoms with Gasteiger partial charge in [0.1, 0.15) is 0 Å². The van der Waals surface area contributed by atoms with Crippen molar-refractivity contribution in [3.05, 3.63) is 39.7 Å². The van der Waals surface area contributed by atoms with E-state index in [1.165, 1.54) is 5.56 Å². The van der Waals surface area contributed by atoms with Crippen molar-refractivity contribution in [3.63, 3.8) is 0 Å². The number of benzene rings is 1. The summed E-state index contributed by atoms with van der Waals surface area (Å²) in [7, 11) is 0. The Bertz CT molecular complexity index is 585. The standard InChI is InChI=1S/C13H16ClN3/c1-7-5-12(15)11(14)6-13(7)17-10(4)8(2)9(3)16-17/h5-6H,15H2,1-4H3. The van der Waals surface area contributed by atoms with E-state index < -0.39 is 0 Å². The molecule has 1 heterocycles. The normalized spacial score (nSPS) is 10.9. The van der Waals surface area contributed by atoms with Crippen LogP contribution in [0.25, 0.3) is 5.69 Å². The highest BCUT2D eigenvalue weighted by atomic mass is 35.5. The second-order valence-electron chi connectivity index (χ2n) is 4.37. The Labute approximate surface area is 106 Å². The quantitative estimate of drug-likeness (QED) is 0.788. The van der Waals surface area contributed by atoms with E-state index in [0.29, 0.717) is 10.7 Å². The predicted octanol–water partition coefficient (Wildman–Crippen LogP) is 3.34. The van der Waals surface area contributed by atoms with Crippen molar-refractivity contribution in [1.29, 1.82) is 0 Å². The highest BCUT2D eigenvalue weighted by molar-refractivity contribution is 6.33. The van der Waals surface area contributed by atoms with Crippen molar-refractivity contribution in [2.24, 2.45) is 0 Å². The first kappa shape index (κ1) is 12.0. The minimum Gasteiger partial charge on any atom is -0.398 e. The van der Waals surface area contributed by atoms with E-state index in [1.807, 2.05) is 30.7 Å². The molecule has 2 N–H and O–H groups in total. The number of halogens is 1. The van der Waals surface area contributed by atoms with Crippen LogP contribution in [0.4, 0.5) is 5.69 Å². The second-order valence-corrected chi connectivity index (χ2v) is 4.78. The number of nitrogens with zero attached hydrogens (tertiary/aromatic N) is 2. The van der Waals surface area contributed by atoms with Gasteiger partial charge in [-0.25, -0.2) is 4.68 Å². The Hall–Kier alpha value is -1.48. The van der Waals surface area contributed by atoms with E-state index >= 15 is 0 Å². The van der Waals surface area contributed by atoms with Crippen LogP contribution < -0.4 is 5.73 Å². The average molecular weight is 250 g/mol. The van der Waals surface area contributed by atoms with Gasteiger partial charge in [-0.05, 0) is 51.0 Å². The van der Waals surface area contributed by atoms with Gasteiger partial charge in [-0.1, -0.05) is 11.6 Å². The number of rotatable bonds is 1. The van der Waals surface area contributed by atoms with Gasteiger partial charge in [0.25, 0.3) is 0 Å². The molecule has 1 aromatic carbocycles.